The summed E-state index contributed by atoms with van der Waals surface area (Å²) in [5.41, 5.74) is 1.25. The van der Waals surface area contributed by atoms with Crippen molar-refractivity contribution in [2.24, 2.45) is 0 Å². The Kier molecular flexibility index (Phi) is 5.50. The smallest absolute Gasteiger partial charge is 0.253 e. The summed E-state index contributed by atoms with van der Waals surface area (Å²) in [6, 6.07) is 4.94. The number of halogens is 2. The standard InChI is InChI=1S/C23H25F2N5O2/c24-14-3-8-19(25)17(11-14)20-2-1-9-30(20)22-18-10-13(12-26-21(18)28-29-22)23(32)27-15-4-6-16(31)7-5-15/h3,8,10-12,15-16,20,31H,1-2,4-7,9H2,(H,27,32)(H,26,28,29)/t15?,16?,20-/m1/s1. The Morgan fingerprint density at radius 3 is 2.78 bits per heavy atom. The van der Waals surface area contributed by atoms with Crippen LogP contribution in [0.3, 0.4) is 0 Å². The van der Waals surface area contributed by atoms with E-state index in [9.17, 15) is 18.7 Å². The van der Waals surface area contributed by atoms with E-state index in [-0.39, 0.29) is 24.1 Å². The maximum atomic E-state index is 14.5. The molecule has 1 atom stereocenters. The van der Waals surface area contributed by atoms with Crippen LogP contribution in [0.25, 0.3) is 11.0 Å². The van der Waals surface area contributed by atoms with Gasteiger partial charge in [-0.3, -0.25) is 9.89 Å². The van der Waals surface area contributed by atoms with Crippen LogP contribution in [0.1, 0.15) is 60.5 Å². The zero-order valence-electron chi connectivity index (χ0n) is 17.5. The van der Waals surface area contributed by atoms with Crippen molar-refractivity contribution in [1.29, 1.82) is 0 Å². The molecule has 2 aliphatic rings. The van der Waals surface area contributed by atoms with Crippen LogP contribution in [0.2, 0.25) is 0 Å². The zero-order valence-corrected chi connectivity index (χ0v) is 17.5. The van der Waals surface area contributed by atoms with Crippen molar-refractivity contribution in [3.63, 3.8) is 0 Å². The van der Waals surface area contributed by atoms with E-state index < -0.39 is 11.6 Å². The van der Waals surface area contributed by atoms with Crippen molar-refractivity contribution in [2.45, 2.75) is 56.7 Å². The molecule has 32 heavy (non-hydrogen) atoms. The lowest BCUT2D eigenvalue weighted by atomic mass is 9.93. The molecule has 2 fully saturated rings. The molecule has 3 N–H and O–H groups in total. The Morgan fingerprint density at radius 2 is 1.97 bits per heavy atom. The third kappa shape index (κ3) is 3.92. The minimum atomic E-state index is -0.476. The van der Waals surface area contributed by atoms with Gasteiger partial charge in [0.15, 0.2) is 11.5 Å². The van der Waals surface area contributed by atoms with Gasteiger partial charge in [0.25, 0.3) is 5.91 Å². The second-order valence-electron chi connectivity index (χ2n) is 8.66. The van der Waals surface area contributed by atoms with Gasteiger partial charge < -0.3 is 15.3 Å². The van der Waals surface area contributed by atoms with Crippen LogP contribution in [0.5, 0.6) is 0 Å². The highest BCUT2D eigenvalue weighted by molar-refractivity contribution is 5.99. The molecule has 3 aromatic rings. The molecule has 1 saturated heterocycles. The number of nitrogens with one attached hydrogen (secondary N) is 2. The number of aromatic amines is 1. The minimum Gasteiger partial charge on any atom is -0.393 e. The third-order valence-corrected chi connectivity index (χ3v) is 6.53. The molecule has 1 aromatic carbocycles. The lowest BCUT2D eigenvalue weighted by Crippen LogP contribution is -2.38. The van der Waals surface area contributed by atoms with Gasteiger partial charge in [0.2, 0.25) is 0 Å². The molecule has 1 amide bonds. The summed E-state index contributed by atoms with van der Waals surface area (Å²) in [5.74, 6) is -0.564. The highest BCUT2D eigenvalue weighted by Crippen LogP contribution is 2.39. The number of aliphatic hydroxyl groups is 1. The lowest BCUT2D eigenvalue weighted by molar-refractivity contribution is 0.0867. The number of nitrogens with zero attached hydrogens (tertiary/aromatic N) is 3. The summed E-state index contributed by atoms with van der Waals surface area (Å²) in [6.07, 6.45) is 5.56. The predicted molar refractivity (Wildman–Crippen MR) is 115 cm³/mol. The van der Waals surface area contributed by atoms with Crippen molar-refractivity contribution in [3.05, 3.63) is 53.2 Å². The predicted octanol–water partition coefficient (Wildman–Crippen LogP) is 3.61. The Hall–Kier alpha value is -3.07. The minimum absolute atomic E-state index is 0.0318. The fourth-order valence-electron chi connectivity index (χ4n) is 4.84. The molecule has 0 radical (unpaired) electrons. The van der Waals surface area contributed by atoms with Crippen molar-refractivity contribution < 1.29 is 18.7 Å². The van der Waals surface area contributed by atoms with E-state index in [2.05, 4.69) is 20.5 Å². The Morgan fingerprint density at radius 1 is 1.16 bits per heavy atom. The maximum absolute atomic E-state index is 14.5. The Bertz CT molecular complexity index is 1140. The molecule has 168 valence electrons. The zero-order chi connectivity index (χ0) is 22.2. The van der Waals surface area contributed by atoms with Crippen LogP contribution in [-0.4, -0.2) is 44.9 Å². The highest BCUT2D eigenvalue weighted by atomic mass is 19.1. The van der Waals surface area contributed by atoms with Crippen molar-refractivity contribution in [1.82, 2.24) is 20.5 Å². The molecule has 1 aliphatic heterocycles. The molecule has 3 heterocycles. The first-order valence-electron chi connectivity index (χ1n) is 11.0. The van der Waals surface area contributed by atoms with Gasteiger partial charge in [-0.1, -0.05) is 0 Å². The first-order valence-corrected chi connectivity index (χ1v) is 11.0. The van der Waals surface area contributed by atoms with Gasteiger partial charge in [0, 0.05) is 24.3 Å². The Labute approximate surface area is 183 Å². The number of hydrogen-bond donors (Lipinski definition) is 3. The Balaban J connectivity index is 1.42. The van der Waals surface area contributed by atoms with Crippen LogP contribution in [-0.2, 0) is 0 Å². The molecule has 0 spiro atoms. The topological polar surface area (TPSA) is 94.1 Å². The van der Waals surface area contributed by atoms with Crippen LogP contribution >= 0.6 is 0 Å². The van der Waals surface area contributed by atoms with Crippen LogP contribution < -0.4 is 10.2 Å². The van der Waals surface area contributed by atoms with Gasteiger partial charge in [-0.15, -0.1) is 0 Å². The molecule has 7 nitrogen and oxygen atoms in total. The number of aliphatic hydroxyl groups excluding tert-OH is 1. The molecule has 2 aromatic heterocycles. The molecule has 1 aliphatic carbocycles. The average Bonchev–Trinajstić information content (AvgIpc) is 3.43. The summed E-state index contributed by atoms with van der Waals surface area (Å²) in [6.45, 7) is 0.640. The van der Waals surface area contributed by atoms with Gasteiger partial charge in [0.05, 0.1) is 23.1 Å². The number of anilines is 1. The largest absolute Gasteiger partial charge is 0.393 e. The normalized spacial score (nSPS) is 23.6. The second-order valence-corrected chi connectivity index (χ2v) is 8.66. The van der Waals surface area contributed by atoms with Gasteiger partial charge in [-0.2, -0.15) is 5.10 Å². The molecule has 1 saturated carbocycles. The van der Waals surface area contributed by atoms with Crippen LogP contribution in [0.4, 0.5) is 14.6 Å². The van der Waals surface area contributed by atoms with E-state index in [1.165, 1.54) is 12.3 Å². The molecule has 9 heteroatoms. The van der Waals surface area contributed by atoms with E-state index in [4.69, 9.17) is 0 Å². The van der Waals surface area contributed by atoms with Crippen molar-refractivity contribution in [3.8, 4) is 0 Å². The average molecular weight is 441 g/mol. The second kappa shape index (κ2) is 8.46. The number of pyridine rings is 1. The molecular formula is C23H25F2N5O2. The van der Waals surface area contributed by atoms with Gasteiger partial charge in [0.1, 0.15) is 11.6 Å². The summed E-state index contributed by atoms with van der Waals surface area (Å²) in [4.78, 5) is 19.1. The van der Waals surface area contributed by atoms with E-state index in [0.29, 0.717) is 53.8 Å². The number of carbonyl (C=O) groups is 1. The first-order chi connectivity index (χ1) is 15.5. The molecule has 5 rings (SSSR count). The van der Waals surface area contributed by atoms with Crippen LogP contribution in [0, 0.1) is 11.6 Å². The number of carbonyl (C=O) groups excluding carboxylic acids is 1. The number of fused-ring (bicyclic) bond motifs is 1. The monoisotopic (exact) mass is 441 g/mol. The van der Waals surface area contributed by atoms with Gasteiger partial charge >= 0.3 is 0 Å². The van der Waals surface area contributed by atoms with E-state index in [0.717, 1.165) is 31.4 Å². The SMILES string of the molecule is O=C(NC1CCC(O)CC1)c1cnc2[nH]nc(N3CCC[C@@H]3c3cc(F)ccc3F)c2c1. The molecular weight excluding hydrogens is 416 g/mol. The maximum Gasteiger partial charge on any atom is 0.253 e. The molecule has 0 bridgehead atoms. The van der Waals surface area contributed by atoms with E-state index >= 15 is 0 Å². The number of H-pyrrole nitrogens is 1. The number of aromatic nitrogens is 3. The number of hydrogen-bond acceptors (Lipinski definition) is 5. The third-order valence-electron chi connectivity index (χ3n) is 6.53. The number of benzene rings is 1. The first kappa shape index (κ1) is 20.8. The van der Waals surface area contributed by atoms with E-state index in [1.54, 1.807) is 6.07 Å². The van der Waals surface area contributed by atoms with Gasteiger partial charge in [-0.05, 0) is 62.8 Å². The summed E-state index contributed by atoms with van der Waals surface area (Å²) < 4.78 is 28.3. The molecule has 0 unspecified atom stereocenters. The highest BCUT2D eigenvalue weighted by Gasteiger charge is 2.31. The van der Waals surface area contributed by atoms with Gasteiger partial charge in [-0.25, -0.2) is 13.8 Å². The lowest BCUT2D eigenvalue weighted by Gasteiger charge is -2.26. The summed E-state index contributed by atoms with van der Waals surface area (Å²) in [5, 5.41) is 20.6. The summed E-state index contributed by atoms with van der Waals surface area (Å²) >= 11 is 0. The number of rotatable bonds is 4. The van der Waals surface area contributed by atoms with Crippen molar-refractivity contribution in [2.75, 3.05) is 11.4 Å². The summed E-state index contributed by atoms with van der Waals surface area (Å²) in [7, 11) is 0. The fourth-order valence-corrected chi connectivity index (χ4v) is 4.84. The fraction of sp³-hybridized carbons (Fsp3) is 0.435. The quantitative estimate of drug-likeness (QED) is 0.575. The number of amides is 1. The van der Waals surface area contributed by atoms with E-state index in [1.807, 2.05) is 4.90 Å². The van der Waals surface area contributed by atoms with Crippen molar-refractivity contribution >= 4 is 22.8 Å². The van der Waals surface area contributed by atoms with Crippen LogP contribution in [0.15, 0.2) is 30.5 Å².